The van der Waals surface area contributed by atoms with Crippen LogP contribution < -0.4 is 10.6 Å². The summed E-state index contributed by atoms with van der Waals surface area (Å²) >= 11 is 0. The lowest BCUT2D eigenvalue weighted by Gasteiger charge is -2.15. The third-order valence-electron chi connectivity index (χ3n) is 3.20. The lowest BCUT2D eigenvalue weighted by atomic mass is 10.2. The largest absolute Gasteiger partial charge is 0.373 e. The summed E-state index contributed by atoms with van der Waals surface area (Å²) in [5.41, 5.74) is 0.600. The Bertz CT molecular complexity index is 400. The summed E-state index contributed by atoms with van der Waals surface area (Å²) < 4.78 is 0. The molecule has 1 aromatic heterocycles. The minimum atomic E-state index is -0.0608. The molecule has 0 bridgehead atoms. The topological polar surface area (TPSA) is 57.3 Å². The normalized spacial score (nSPS) is 14.6. The van der Waals surface area contributed by atoms with Gasteiger partial charge in [-0.2, -0.15) is 0 Å². The van der Waals surface area contributed by atoms with E-state index in [2.05, 4.69) is 27.6 Å². The van der Waals surface area contributed by atoms with E-state index < -0.39 is 0 Å². The molecule has 0 radical (unpaired) electrons. The number of nitrogens with zero attached hydrogens (tertiary/aromatic N) is 2. The Hall–Kier alpha value is -1.62. The zero-order valence-electron chi connectivity index (χ0n) is 10.9. The Morgan fingerprint density at radius 1 is 1.50 bits per heavy atom. The van der Waals surface area contributed by atoms with Crippen LogP contribution in [-0.2, 0) is 0 Å². The fourth-order valence-electron chi connectivity index (χ4n) is 1.82. The number of amides is 1. The highest BCUT2D eigenvalue weighted by Crippen LogP contribution is 2.24. The molecule has 0 saturated heterocycles. The molecule has 1 amide bonds. The third-order valence-corrected chi connectivity index (χ3v) is 3.20. The number of carbonyl (C=O) groups is 1. The monoisotopic (exact) mass is 248 g/mol. The van der Waals surface area contributed by atoms with Crippen LogP contribution in [-0.4, -0.2) is 49.0 Å². The van der Waals surface area contributed by atoms with Crippen LogP contribution in [0.15, 0.2) is 18.3 Å². The molecule has 1 saturated carbocycles. The summed E-state index contributed by atoms with van der Waals surface area (Å²) in [6.45, 7) is 1.58. The van der Waals surface area contributed by atoms with Crippen LogP contribution in [0.1, 0.15) is 23.2 Å². The SMILES string of the molecule is CNc1ccc(C(=O)NCCN(C)C2CC2)cn1. The molecule has 1 aromatic rings. The average molecular weight is 248 g/mol. The lowest BCUT2D eigenvalue weighted by molar-refractivity contribution is 0.0949. The minimum Gasteiger partial charge on any atom is -0.373 e. The fourth-order valence-corrected chi connectivity index (χ4v) is 1.82. The summed E-state index contributed by atoms with van der Waals surface area (Å²) in [6.07, 6.45) is 4.17. The maximum Gasteiger partial charge on any atom is 0.252 e. The zero-order valence-corrected chi connectivity index (χ0v) is 10.9. The second-order valence-corrected chi connectivity index (χ2v) is 4.65. The molecule has 98 valence electrons. The van der Waals surface area contributed by atoms with Crippen molar-refractivity contribution in [3.8, 4) is 0 Å². The van der Waals surface area contributed by atoms with E-state index in [1.165, 1.54) is 12.8 Å². The first-order valence-corrected chi connectivity index (χ1v) is 6.33. The molecule has 1 aliphatic carbocycles. The highest BCUT2D eigenvalue weighted by atomic mass is 16.1. The van der Waals surface area contributed by atoms with Gasteiger partial charge in [0.15, 0.2) is 0 Å². The van der Waals surface area contributed by atoms with Gasteiger partial charge in [-0.1, -0.05) is 0 Å². The number of hydrogen-bond acceptors (Lipinski definition) is 4. The van der Waals surface area contributed by atoms with Crippen LogP contribution in [0.25, 0.3) is 0 Å². The number of hydrogen-bond donors (Lipinski definition) is 2. The van der Waals surface area contributed by atoms with Crippen LogP contribution >= 0.6 is 0 Å². The molecule has 18 heavy (non-hydrogen) atoms. The van der Waals surface area contributed by atoms with Gasteiger partial charge in [-0.15, -0.1) is 0 Å². The van der Waals surface area contributed by atoms with E-state index in [0.29, 0.717) is 12.1 Å². The van der Waals surface area contributed by atoms with Crippen molar-refractivity contribution >= 4 is 11.7 Å². The molecule has 2 N–H and O–H groups in total. The zero-order chi connectivity index (χ0) is 13.0. The van der Waals surface area contributed by atoms with Gasteiger partial charge in [0.25, 0.3) is 5.91 Å². The van der Waals surface area contributed by atoms with E-state index in [1.54, 1.807) is 25.4 Å². The molecule has 5 nitrogen and oxygen atoms in total. The highest BCUT2D eigenvalue weighted by molar-refractivity contribution is 5.94. The molecule has 1 aliphatic rings. The summed E-state index contributed by atoms with van der Waals surface area (Å²) in [5.74, 6) is 0.703. The van der Waals surface area contributed by atoms with Gasteiger partial charge >= 0.3 is 0 Å². The van der Waals surface area contributed by atoms with Gasteiger partial charge in [0.1, 0.15) is 5.82 Å². The summed E-state index contributed by atoms with van der Waals surface area (Å²) in [5, 5.41) is 5.83. The van der Waals surface area contributed by atoms with Crippen LogP contribution in [0.4, 0.5) is 5.82 Å². The Labute approximate surface area is 108 Å². The van der Waals surface area contributed by atoms with Crippen LogP contribution in [0, 0.1) is 0 Å². The van der Waals surface area contributed by atoms with Crippen molar-refractivity contribution < 1.29 is 4.79 Å². The molecule has 0 aromatic carbocycles. The maximum absolute atomic E-state index is 11.8. The Balaban J connectivity index is 1.75. The first kappa shape index (κ1) is 12.8. The first-order chi connectivity index (χ1) is 8.70. The molecular formula is C13H20N4O. The van der Waals surface area contributed by atoms with Gasteiger partial charge in [0.05, 0.1) is 5.56 Å². The molecule has 0 spiro atoms. The quantitative estimate of drug-likeness (QED) is 0.787. The molecule has 5 heteroatoms. The lowest BCUT2D eigenvalue weighted by Crippen LogP contribution is -2.34. The Morgan fingerprint density at radius 2 is 2.28 bits per heavy atom. The van der Waals surface area contributed by atoms with Crippen molar-refractivity contribution in [2.24, 2.45) is 0 Å². The van der Waals surface area contributed by atoms with Gasteiger partial charge in [0, 0.05) is 32.4 Å². The van der Waals surface area contributed by atoms with E-state index >= 15 is 0 Å². The van der Waals surface area contributed by atoms with E-state index in [9.17, 15) is 4.79 Å². The standard InChI is InChI=1S/C13H20N4O/c1-14-12-6-3-10(9-16-12)13(18)15-7-8-17(2)11-4-5-11/h3,6,9,11H,4-5,7-8H2,1-2H3,(H,14,16)(H,15,18). The first-order valence-electron chi connectivity index (χ1n) is 6.33. The molecule has 0 atom stereocenters. The summed E-state index contributed by atoms with van der Waals surface area (Å²) in [7, 11) is 3.91. The van der Waals surface area contributed by atoms with Crippen LogP contribution in [0.3, 0.4) is 0 Å². The number of rotatable bonds is 6. The van der Waals surface area contributed by atoms with Gasteiger partial charge in [-0.05, 0) is 32.0 Å². The number of aromatic nitrogens is 1. The maximum atomic E-state index is 11.8. The summed E-state index contributed by atoms with van der Waals surface area (Å²) in [6, 6.07) is 4.31. The van der Waals surface area contributed by atoms with Crippen molar-refractivity contribution in [2.45, 2.75) is 18.9 Å². The third kappa shape index (κ3) is 3.43. The number of carbonyl (C=O) groups excluding carboxylic acids is 1. The van der Waals surface area contributed by atoms with Crippen molar-refractivity contribution in [1.29, 1.82) is 0 Å². The predicted molar refractivity (Wildman–Crippen MR) is 71.8 cm³/mol. The van der Waals surface area contributed by atoms with E-state index in [-0.39, 0.29) is 5.91 Å². The average Bonchev–Trinajstić information content (AvgIpc) is 3.23. The predicted octanol–water partition coefficient (Wildman–Crippen LogP) is 0.947. The van der Waals surface area contributed by atoms with Gasteiger partial charge in [-0.3, -0.25) is 4.79 Å². The second-order valence-electron chi connectivity index (χ2n) is 4.65. The molecular weight excluding hydrogens is 228 g/mol. The summed E-state index contributed by atoms with van der Waals surface area (Å²) in [4.78, 5) is 18.2. The molecule has 0 aliphatic heterocycles. The van der Waals surface area contributed by atoms with Gasteiger partial charge in [0.2, 0.25) is 0 Å². The highest BCUT2D eigenvalue weighted by Gasteiger charge is 2.25. The van der Waals surface area contributed by atoms with Crippen molar-refractivity contribution in [3.05, 3.63) is 23.9 Å². The van der Waals surface area contributed by atoms with E-state index in [0.717, 1.165) is 18.4 Å². The number of pyridine rings is 1. The molecule has 0 unspecified atom stereocenters. The number of nitrogens with one attached hydrogen (secondary N) is 2. The number of likely N-dealkylation sites (N-methyl/N-ethyl adjacent to an activating group) is 1. The van der Waals surface area contributed by atoms with Crippen LogP contribution in [0.5, 0.6) is 0 Å². The minimum absolute atomic E-state index is 0.0608. The smallest absolute Gasteiger partial charge is 0.252 e. The van der Waals surface area contributed by atoms with Crippen molar-refractivity contribution in [2.75, 3.05) is 32.5 Å². The Kier molecular flexibility index (Phi) is 4.15. The molecule has 2 rings (SSSR count). The van der Waals surface area contributed by atoms with Crippen LogP contribution in [0.2, 0.25) is 0 Å². The van der Waals surface area contributed by atoms with Crippen molar-refractivity contribution in [3.63, 3.8) is 0 Å². The fraction of sp³-hybridized carbons (Fsp3) is 0.538. The Morgan fingerprint density at radius 3 is 2.83 bits per heavy atom. The van der Waals surface area contributed by atoms with Gasteiger partial charge < -0.3 is 15.5 Å². The molecule has 1 fully saturated rings. The second kappa shape index (κ2) is 5.82. The number of anilines is 1. The van der Waals surface area contributed by atoms with E-state index in [4.69, 9.17) is 0 Å². The molecule has 1 heterocycles. The van der Waals surface area contributed by atoms with Crippen molar-refractivity contribution in [1.82, 2.24) is 15.2 Å². The van der Waals surface area contributed by atoms with E-state index in [1.807, 2.05) is 0 Å². The van der Waals surface area contributed by atoms with Gasteiger partial charge in [-0.25, -0.2) is 4.98 Å².